The lowest BCUT2D eigenvalue weighted by molar-refractivity contribution is -0.0813. The van der Waals surface area contributed by atoms with E-state index in [0.717, 1.165) is 12.8 Å². The topological polar surface area (TPSA) is 79.2 Å². The number of ether oxygens (including phenoxy) is 2. The summed E-state index contributed by atoms with van der Waals surface area (Å²) in [7, 11) is 0. The van der Waals surface area contributed by atoms with Crippen LogP contribution in [0, 0.1) is 0 Å². The molecule has 0 radical (unpaired) electrons. The summed E-state index contributed by atoms with van der Waals surface area (Å²) in [6, 6.07) is 0. The van der Waals surface area contributed by atoms with Crippen LogP contribution in [0.15, 0.2) is 12.2 Å². The van der Waals surface area contributed by atoms with E-state index in [1.54, 1.807) is 0 Å². The molecule has 30 heavy (non-hydrogen) atoms. The molecule has 0 aromatic heterocycles. The molecule has 4 atom stereocenters. The Labute approximate surface area is 184 Å². The highest BCUT2D eigenvalue weighted by atomic mass is 16.5. The molecule has 0 aromatic carbocycles. The molecule has 1 aliphatic heterocycles. The third-order valence-corrected chi connectivity index (χ3v) is 5.91. The molecule has 1 saturated heterocycles. The average Bonchev–Trinajstić information content (AvgIpc) is 3.08. The van der Waals surface area contributed by atoms with Gasteiger partial charge in [0.1, 0.15) is 24.4 Å². The Morgan fingerprint density at radius 1 is 0.833 bits per heavy atom. The maximum absolute atomic E-state index is 9.96. The minimum absolute atomic E-state index is 0.0689. The Bertz CT molecular complexity index is 401. The summed E-state index contributed by atoms with van der Waals surface area (Å²) >= 11 is 0. The quantitative estimate of drug-likeness (QED) is 0.190. The summed E-state index contributed by atoms with van der Waals surface area (Å²) in [6.07, 6.45) is 20.5. The van der Waals surface area contributed by atoms with Gasteiger partial charge in [-0.05, 0) is 32.1 Å². The van der Waals surface area contributed by atoms with Crippen LogP contribution >= 0.6 is 0 Å². The standard InChI is InChI=1S/C25H48O5/c1-2-3-4-5-6-7-8-9-10-11-12-13-14-15-16-17-18-19-29-20-23(27)25-24(28)22(26)21-30-25/h6-7,22-28H,2-5,8-21H2,1H3/b7-6+/t22-,23+,24+,25+/m0/s1. The summed E-state index contributed by atoms with van der Waals surface area (Å²) < 4.78 is 10.7. The summed E-state index contributed by atoms with van der Waals surface area (Å²) in [4.78, 5) is 0. The van der Waals surface area contributed by atoms with E-state index in [1.807, 2.05) is 0 Å². The summed E-state index contributed by atoms with van der Waals surface area (Å²) in [5.41, 5.74) is 0. The zero-order valence-electron chi connectivity index (χ0n) is 19.4. The maximum Gasteiger partial charge on any atom is 0.114 e. The van der Waals surface area contributed by atoms with E-state index in [-0.39, 0.29) is 13.2 Å². The Morgan fingerprint density at radius 3 is 1.90 bits per heavy atom. The number of allylic oxidation sites excluding steroid dienone is 2. The van der Waals surface area contributed by atoms with Crippen LogP contribution in [0.2, 0.25) is 0 Å². The highest BCUT2D eigenvalue weighted by molar-refractivity contribution is 4.87. The van der Waals surface area contributed by atoms with Crippen LogP contribution < -0.4 is 0 Å². The van der Waals surface area contributed by atoms with Gasteiger partial charge in [0.25, 0.3) is 0 Å². The van der Waals surface area contributed by atoms with Gasteiger partial charge in [-0.3, -0.25) is 0 Å². The monoisotopic (exact) mass is 428 g/mol. The van der Waals surface area contributed by atoms with E-state index in [1.165, 1.54) is 83.5 Å². The summed E-state index contributed by atoms with van der Waals surface area (Å²) in [5.74, 6) is 0. The van der Waals surface area contributed by atoms with Crippen molar-refractivity contribution in [3.8, 4) is 0 Å². The first-order valence-corrected chi connectivity index (χ1v) is 12.5. The largest absolute Gasteiger partial charge is 0.388 e. The Balaban J connectivity index is 1.76. The highest BCUT2D eigenvalue weighted by Gasteiger charge is 2.39. The van der Waals surface area contributed by atoms with Gasteiger partial charge in [-0.15, -0.1) is 0 Å². The third-order valence-electron chi connectivity index (χ3n) is 5.91. The van der Waals surface area contributed by atoms with Gasteiger partial charge in [0.05, 0.1) is 13.2 Å². The zero-order chi connectivity index (χ0) is 21.9. The lowest BCUT2D eigenvalue weighted by Crippen LogP contribution is -2.40. The smallest absolute Gasteiger partial charge is 0.114 e. The van der Waals surface area contributed by atoms with E-state index in [2.05, 4.69) is 19.1 Å². The third kappa shape index (κ3) is 13.8. The van der Waals surface area contributed by atoms with E-state index >= 15 is 0 Å². The Hall–Kier alpha value is -0.460. The molecule has 0 unspecified atom stereocenters. The number of hydrogen-bond donors (Lipinski definition) is 3. The molecule has 5 heteroatoms. The molecule has 1 aliphatic rings. The fraction of sp³-hybridized carbons (Fsp3) is 0.920. The molecule has 0 saturated carbocycles. The van der Waals surface area contributed by atoms with Crippen molar-refractivity contribution in [1.29, 1.82) is 0 Å². The number of aliphatic hydroxyl groups is 3. The fourth-order valence-corrected chi connectivity index (χ4v) is 3.89. The van der Waals surface area contributed by atoms with Crippen LogP contribution in [-0.4, -0.2) is 59.6 Å². The van der Waals surface area contributed by atoms with Crippen molar-refractivity contribution in [2.45, 2.75) is 128 Å². The van der Waals surface area contributed by atoms with Crippen LogP contribution in [0.25, 0.3) is 0 Å². The Morgan fingerprint density at radius 2 is 1.37 bits per heavy atom. The van der Waals surface area contributed by atoms with Crippen LogP contribution in [0.1, 0.15) is 103 Å². The minimum Gasteiger partial charge on any atom is -0.388 e. The van der Waals surface area contributed by atoms with Gasteiger partial charge in [0.2, 0.25) is 0 Å². The van der Waals surface area contributed by atoms with Crippen LogP contribution in [-0.2, 0) is 9.47 Å². The van der Waals surface area contributed by atoms with Crippen LogP contribution in [0.5, 0.6) is 0 Å². The second-order valence-electron chi connectivity index (χ2n) is 8.79. The van der Waals surface area contributed by atoms with E-state index in [9.17, 15) is 15.3 Å². The molecule has 1 rings (SSSR count). The van der Waals surface area contributed by atoms with Crippen molar-refractivity contribution in [3.63, 3.8) is 0 Å². The molecule has 178 valence electrons. The second kappa shape index (κ2) is 19.2. The van der Waals surface area contributed by atoms with Gasteiger partial charge in [0, 0.05) is 6.61 Å². The minimum atomic E-state index is -1.03. The van der Waals surface area contributed by atoms with Crippen molar-refractivity contribution in [2.24, 2.45) is 0 Å². The molecular weight excluding hydrogens is 380 g/mol. The molecule has 0 bridgehead atoms. The predicted molar refractivity (Wildman–Crippen MR) is 123 cm³/mol. The van der Waals surface area contributed by atoms with E-state index in [0.29, 0.717) is 6.61 Å². The summed E-state index contributed by atoms with van der Waals surface area (Å²) in [5, 5.41) is 29.1. The van der Waals surface area contributed by atoms with Gasteiger partial charge in [-0.2, -0.15) is 0 Å². The molecule has 3 N–H and O–H groups in total. The average molecular weight is 429 g/mol. The number of aliphatic hydroxyl groups excluding tert-OH is 3. The van der Waals surface area contributed by atoms with E-state index in [4.69, 9.17) is 9.47 Å². The first-order chi connectivity index (χ1) is 14.7. The first kappa shape index (κ1) is 27.6. The molecule has 1 fully saturated rings. The normalized spacial score (nSPS) is 22.9. The highest BCUT2D eigenvalue weighted by Crippen LogP contribution is 2.18. The van der Waals surface area contributed by atoms with Gasteiger partial charge in [-0.1, -0.05) is 83.3 Å². The fourth-order valence-electron chi connectivity index (χ4n) is 3.89. The predicted octanol–water partition coefficient (Wildman–Crippen LogP) is 4.91. The number of hydrogen-bond acceptors (Lipinski definition) is 5. The lowest BCUT2D eigenvalue weighted by Gasteiger charge is -2.20. The molecule has 1 heterocycles. The second-order valence-corrected chi connectivity index (χ2v) is 8.79. The molecule has 0 amide bonds. The Kier molecular flexibility index (Phi) is 17.7. The van der Waals surface area contributed by atoms with Crippen LogP contribution in [0.3, 0.4) is 0 Å². The lowest BCUT2D eigenvalue weighted by atomic mass is 10.1. The first-order valence-electron chi connectivity index (χ1n) is 12.5. The van der Waals surface area contributed by atoms with Gasteiger partial charge < -0.3 is 24.8 Å². The molecule has 0 aliphatic carbocycles. The molecular formula is C25H48O5. The number of rotatable bonds is 20. The van der Waals surface area contributed by atoms with Crippen molar-refractivity contribution in [1.82, 2.24) is 0 Å². The van der Waals surface area contributed by atoms with E-state index < -0.39 is 24.4 Å². The van der Waals surface area contributed by atoms with Crippen molar-refractivity contribution in [3.05, 3.63) is 12.2 Å². The maximum atomic E-state index is 9.96. The van der Waals surface area contributed by atoms with Crippen molar-refractivity contribution in [2.75, 3.05) is 19.8 Å². The molecule has 5 nitrogen and oxygen atoms in total. The van der Waals surface area contributed by atoms with Crippen LogP contribution in [0.4, 0.5) is 0 Å². The van der Waals surface area contributed by atoms with Gasteiger partial charge in [0.15, 0.2) is 0 Å². The number of unbranched alkanes of at least 4 members (excludes halogenated alkanes) is 13. The van der Waals surface area contributed by atoms with Crippen molar-refractivity contribution >= 4 is 0 Å². The molecule has 0 aromatic rings. The van der Waals surface area contributed by atoms with Gasteiger partial charge >= 0.3 is 0 Å². The zero-order valence-corrected chi connectivity index (χ0v) is 19.4. The SMILES string of the molecule is CCCCC/C=C/CCCCCCCCCCCCOC[C@@H](O)[C@H]1OC[C@H](O)[C@H]1O. The van der Waals surface area contributed by atoms with Crippen molar-refractivity contribution < 1.29 is 24.8 Å². The van der Waals surface area contributed by atoms with Gasteiger partial charge in [-0.25, -0.2) is 0 Å². The summed E-state index contributed by atoms with van der Waals surface area (Å²) in [6.45, 7) is 3.08. The molecule has 0 spiro atoms.